The fourth-order valence-corrected chi connectivity index (χ4v) is 1.98. The van der Waals surface area contributed by atoms with Crippen LogP contribution in [0, 0.1) is 11.3 Å². The first-order chi connectivity index (χ1) is 8.19. The molecule has 1 aromatic carbocycles. The van der Waals surface area contributed by atoms with Crippen LogP contribution >= 0.6 is 27.5 Å². The third kappa shape index (κ3) is 2.96. The van der Waals surface area contributed by atoms with Crippen molar-refractivity contribution in [2.45, 2.75) is 0 Å². The number of nitriles is 1. The van der Waals surface area contributed by atoms with Crippen LogP contribution in [0.15, 0.2) is 41.0 Å². The van der Waals surface area contributed by atoms with E-state index in [1.165, 1.54) is 6.20 Å². The number of hydrogen-bond donors (Lipinski definition) is 0. The van der Waals surface area contributed by atoms with Crippen LogP contribution in [0.1, 0.15) is 5.69 Å². The molecular weight excluding hydrogens is 304 g/mol. The summed E-state index contributed by atoms with van der Waals surface area (Å²) in [5, 5.41) is 9.35. The fraction of sp³-hybridized carbons (Fsp3) is 0. The lowest BCUT2D eigenvalue weighted by atomic mass is 10.3. The minimum atomic E-state index is 0.313. The van der Waals surface area contributed by atoms with E-state index in [4.69, 9.17) is 21.6 Å². The first-order valence-corrected chi connectivity index (χ1v) is 5.85. The second-order valence-electron chi connectivity index (χ2n) is 3.17. The van der Waals surface area contributed by atoms with Gasteiger partial charge in [0.15, 0.2) is 0 Å². The highest BCUT2D eigenvalue weighted by Crippen LogP contribution is 2.31. The molecule has 0 bridgehead atoms. The zero-order valence-corrected chi connectivity index (χ0v) is 10.9. The van der Waals surface area contributed by atoms with E-state index < -0.39 is 0 Å². The van der Waals surface area contributed by atoms with E-state index in [1.807, 2.05) is 6.07 Å². The second-order valence-corrected chi connectivity index (χ2v) is 4.46. The summed E-state index contributed by atoms with van der Waals surface area (Å²) in [6.45, 7) is 0. The SMILES string of the molecule is N#Cc1cc(Oc2ccc(Cl)cc2Br)ccn1. The Balaban J connectivity index is 2.28. The van der Waals surface area contributed by atoms with Gasteiger partial charge in [0.2, 0.25) is 0 Å². The van der Waals surface area contributed by atoms with Gasteiger partial charge >= 0.3 is 0 Å². The first-order valence-electron chi connectivity index (χ1n) is 4.68. The Morgan fingerprint density at radius 3 is 2.82 bits per heavy atom. The summed E-state index contributed by atoms with van der Waals surface area (Å²) in [5.74, 6) is 1.18. The molecule has 0 amide bonds. The van der Waals surface area contributed by atoms with Crippen molar-refractivity contribution in [3.8, 4) is 17.6 Å². The van der Waals surface area contributed by atoms with Gasteiger partial charge in [-0.25, -0.2) is 4.98 Å². The molecule has 17 heavy (non-hydrogen) atoms. The third-order valence-electron chi connectivity index (χ3n) is 1.97. The molecule has 0 unspecified atom stereocenters. The van der Waals surface area contributed by atoms with Crippen LogP contribution in [-0.2, 0) is 0 Å². The average Bonchev–Trinajstić information content (AvgIpc) is 2.33. The molecule has 0 spiro atoms. The van der Waals surface area contributed by atoms with Gasteiger partial charge in [0.1, 0.15) is 23.3 Å². The lowest BCUT2D eigenvalue weighted by molar-refractivity contribution is 0.478. The zero-order valence-electron chi connectivity index (χ0n) is 8.52. The molecule has 0 aliphatic heterocycles. The summed E-state index contributed by atoms with van der Waals surface area (Å²) >= 11 is 9.18. The standard InChI is InChI=1S/C12H6BrClN2O/c13-11-5-8(14)1-2-12(11)17-10-3-4-16-9(6-10)7-15/h1-6H. The Morgan fingerprint density at radius 1 is 1.29 bits per heavy atom. The summed E-state index contributed by atoms with van der Waals surface area (Å²) in [7, 11) is 0. The quantitative estimate of drug-likeness (QED) is 0.836. The Labute approximate surface area is 112 Å². The Kier molecular flexibility index (Phi) is 3.62. The molecule has 1 aromatic heterocycles. The highest BCUT2D eigenvalue weighted by molar-refractivity contribution is 9.10. The van der Waals surface area contributed by atoms with Gasteiger partial charge in [-0.15, -0.1) is 0 Å². The van der Waals surface area contributed by atoms with Gasteiger partial charge < -0.3 is 4.74 Å². The highest BCUT2D eigenvalue weighted by Gasteiger charge is 2.04. The van der Waals surface area contributed by atoms with Crippen molar-refractivity contribution in [3.63, 3.8) is 0 Å². The van der Waals surface area contributed by atoms with Crippen LogP contribution in [0.3, 0.4) is 0 Å². The maximum Gasteiger partial charge on any atom is 0.144 e. The minimum Gasteiger partial charge on any atom is -0.456 e. The molecule has 0 atom stereocenters. The summed E-state index contributed by atoms with van der Waals surface area (Å²) < 4.78 is 6.36. The van der Waals surface area contributed by atoms with Crippen LogP contribution < -0.4 is 4.74 Å². The predicted octanol–water partition coefficient (Wildman–Crippen LogP) is 4.16. The van der Waals surface area contributed by atoms with Crippen molar-refractivity contribution in [2.75, 3.05) is 0 Å². The third-order valence-corrected chi connectivity index (χ3v) is 2.82. The van der Waals surface area contributed by atoms with Crippen molar-refractivity contribution < 1.29 is 4.74 Å². The average molecular weight is 310 g/mol. The molecule has 0 aliphatic carbocycles. The highest BCUT2D eigenvalue weighted by atomic mass is 79.9. The van der Waals surface area contributed by atoms with Crippen molar-refractivity contribution in [3.05, 3.63) is 51.7 Å². The van der Waals surface area contributed by atoms with E-state index in [9.17, 15) is 0 Å². The van der Waals surface area contributed by atoms with Gasteiger partial charge in [0.25, 0.3) is 0 Å². The van der Waals surface area contributed by atoms with Crippen molar-refractivity contribution in [1.82, 2.24) is 4.98 Å². The van der Waals surface area contributed by atoms with Crippen LogP contribution in [-0.4, -0.2) is 4.98 Å². The van der Waals surface area contributed by atoms with Crippen LogP contribution in [0.4, 0.5) is 0 Å². The maximum absolute atomic E-state index is 8.72. The molecule has 0 N–H and O–H groups in total. The maximum atomic E-state index is 8.72. The zero-order chi connectivity index (χ0) is 12.3. The molecule has 5 heteroatoms. The van der Waals surface area contributed by atoms with Gasteiger partial charge in [0, 0.05) is 17.3 Å². The summed E-state index contributed by atoms with van der Waals surface area (Å²) in [6.07, 6.45) is 1.53. The minimum absolute atomic E-state index is 0.313. The van der Waals surface area contributed by atoms with Crippen LogP contribution in [0.5, 0.6) is 11.5 Å². The number of rotatable bonds is 2. The number of pyridine rings is 1. The van der Waals surface area contributed by atoms with E-state index in [-0.39, 0.29) is 0 Å². The molecular formula is C12H6BrClN2O. The van der Waals surface area contributed by atoms with Crippen molar-refractivity contribution >= 4 is 27.5 Å². The monoisotopic (exact) mass is 308 g/mol. The summed E-state index contributed by atoms with van der Waals surface area (Å²) in [4.78, 5) is 3.86. The van der Waals surface area contributed by atoms with Gasteiger partial charge in [-0.05, 0) is 40.2 Å². The molecule has 1 heterocycles. The molecule has 0 fully saturated rings. The van der Waals surface area contributed by atoms with Crippen LogP contribution in [0.2, 0.25) is 5.02 Å². The largest absolute Gasteiger partial charge is 0.456 e. The number of hydrogen-bond acceptors (Lipinski definition) is 3. The van der Waals surface area contributed by atoms with E-state index in [0.717, 1.165) is 4.47 Å². The van der Waals surface area contributed by atoms with E-state index >= 15 is 0 Å². The summed E-state index contributed by atoms with van der Waals surface area (Å²) in [6, 6.07) is 10.4. The lowest BCUT2D eigenvalue weighted by Crippen LogP contribution is -1.88. The smallest absolute Gasteiger partial charge is 0.144 e. The lowest BCUT2D eigenvalue weighted by Gasteiger charge is -2.07. The van der Waals surface area contributed by atoms with E-state index in [0.29, 0.717) is 22.2 Å². The molecule has 0 radical (unpaired) electrons. The van der Waals surface area contributed by atoms with Gasteiger partial charge in [-0.1, -0.05) is 11.6 Å². The van der Waals surface area contributed by atoms with E-state index in [1.54, 1.807) is 30.3 Å². The van der Waals surface area contributed by atoms with Gasteiger partial charge in [0.05, 0.1) is 4.47 Å². The molecule has 0 saturated carbocycles. The molecule has 2 rings (SSSR count). The molecule has 84 valence electrons. The predicted molar refractivity (Wildman–Crippen MR) is 68.2 cm³/mol. The number of benzene rings is 1. The molecule has 3 nitrogen and oxygen atoms in total. The fourth-order valence-electron chi connectivity index (χ4n) is 1.22. The first kappa shape index (κ1) is 11.9. The Morgan fingerprint density at radius 2 is 2.12 bits per heavy atom. The van der Waals surface area contributed by atoms with Gasteiger partial charge in [-0.2, -0.15) is 5.26 Å². The van der Waals surface area contributed by atoms with Crippen molar-refractivity contribution in [2.24, 2.45) is 0 Å². The van der Waals surface area contributed by atoms with Gasteiger partial charge in [-0.3, -0.25) is 0 Å². The molecule has 0 saturated heterocycles. The Hall–Kier alpha value is -1.57. The van der Waals surface area contributed by atoms with E-state index in [2.05, 4.69) is 20.9 Å². The van der Waals surface area contributed by atoms with Crippen LogP contribution in [0.25, 0.3) is 0 Å². The number of aromatic nitrogens is 1. The number of ether oxygens (including phenoxy) is 1. The van der Waals surface area contributed by atoms with Crippen molar-refractivity contribution in [1.29, 1.82) is 5.26 Å². The topological polar surface area (TPSA) is 45.9 Å². The second kappa shape index (κ2) is 5.17. The molecule has 0 aliphatic rings. The normalized spacial score (nSPS) is 9.71. The summed E-state index contributed by atoms with van der Waals surface area (Å²) in [5.41, 5.74) is 0.313. The number of halogens is 2. The molecule has 2 aromatic rings. The Bertz CT molecular complexity index is 595. The number of nitrogens with zero attached hydrogens (tertiary/aromatic N) is 2.